The van der Waals surface area contributed by atoms with Crippen LogP contribution in [0, 0.1) is 16.0 Å². The molecule has 1 aliphatic rings. The summed E-state index contributed by atoms with van der Waals surface area (Å²) in [5, 5.41) is 13.3. The minimum Gasteiger partial charge on any atom is -0.445 e. The van der Waals surface area contributed by atoms with E-state index in [9.17, 15) is 29.3 Å². The van der Waals surface area contributed by atoms with Gasteiger partial charge >= 0.3 is 12.1 Å². The van der Waals surface area contributed by atoms with E-state index in [2.05, 4.69) is 5.32 Å². The van der Waals surface area contributed by atoms with Crippen LogP contribution in [0.4, 0.5) is 10.5 Å². The molecule has 150 valence electrons. The lowest BCUT2D eigenvalue weighted by molar-refractivity contribution is -0.384. The molecule has 2 rings (SSSR count). The molecular weight excluding hydrogens is 374 g/mol. The summed E-state index contributed by atoms with van der Waals surface area (Å²) < 4.78 is 5.00. The van der Waals surface area contributed by atoms with Crippen molar-refractivity contribution in [2.24, 2.45) is 5.92 Å². The lowest BCUT2D eigenvalue weighted by atomic mass is 10.1. The monoisotopic (exact) mass is 393 g/mol. The van der Waals surface area contributed by atoms with Gasteiger partial charge in [0, 0.05) is 25.0 Å². The molecular formula is C17H19N3O8. The maximum absolute atomic E-state index is 12.2. The number of alkyl carbamates (subject to hydrolysis) is 1. The number of benzene rings is 1. The van der Waals surface area contributed by atoms with Crippen molar-refractivity contribution in [1.82, 2.24) is 10.4 Å². The van der Waals surface area contributed by atoms with Gasteiger partial charge in [0.15, 0.2) is 0 Å². The predicted octanol–water partition coefficient (Wildman–Crippen LogP) is 1.45. The second kappa shape index (κ2) is 8.93. The number of nitrogens with zero attached hydrogens (tertiary/aromatic N) is 2. The van der Waals surface area contributed by atoms with Crippen LogP contribution in [0.3, 0.4) is 0 Å². The number of ether oxygens (including phenoxy) is 1. The minimum atomic E-state index is -1.15. The van der Waals surface area contributed by atoms with Gasteiger partial charge in [-0.15, -0.1) is 5.06 Å². The van der Waals surface area contributed by atoms with Crippen molar-refractivity contribution >= 4 is 29.6 Å². The van der Waals surface area contributed by atoms with Gasteiger partial charge in [-0.1, -0.05) is 13.8 Å². The van der Waals surface area contributed by atoms with E-state index >= 15 is 0 Å². The Balaban J connectivity index is 1.91. The van der Waals surface area contributed by atoms with E-state index in [1.165, 1.54) is 24.3 Å². The third-order valence-electron chi connectivity index (χ3n) is 3.90. The predicted molar refractivity (Wildman–Crippen MR) is 92.2 cm³/mol. The number of amides is 3. The van der Waals surface area contributed by atoms with Crippen LogP contribution in [0.5, 0.6) is 0 Å². The van der Waals surface area contributed by atoms with Crippen LogP contribution in [0.2, 0.25) is 0 Å². The molecule has 1 atom stereocenters. The lowest BCUT2D eigenvalue weighted by Crippen LogP contribution is -2.48. The molecule has 11 heteroatoms. The van der Waals surface area contributed by atoms with Crippen molar-refractivity contribution in [3.05, 3.63) is 39.9 Å². The van der Waals surface area contributed by atoms with E-state index in [0.29, 0.717) is 10.6 Å². The highest BCUT2D eigenvalue weighted by Gasteiger charge is 2.36. The Morgan fingerprint density at radius 1 is 1.18 bits per heavy atom. The fourth-order valence-corrected chi connectivity index (χ4v) is 2.33. The standard InChI is InChI=1S/C17H19N3O8/c1-10(2)15(16(23)28-19-13(21)7-8-14(19)22)18-17(24)27-9-11-3-5-12(6-4-11)20(25)26/h3-6,10,15H,7-9H2,1-2H3,(H,18,24)/t15-/m0/s1. The summed E-state index contributed by atoms with van der Waals surface area (Å²) in [5.74, 6) is -2.62. The summed E-state index contributed by atoms with van der Waals surface area (Å²) in [6.45, 7) is 3.10. The minimum absolute atomic E-state index is 0.0385. The first-order valence-corrected chi connectivity index (χ1v) is 8.43. The zero-order chi connectivity index (χ0) is 20.8. The molecule has 11 nitrogen and oxygen atoms in total. The molecule has 0 unspecified atom stereocenters. The third-order valence-corrected chi connectivity index (χ3v) is 3.90. The Kier molecular flexibility index (Phi) is 6.64. The first-order valence-electron chi connectivity index (χ1n) is 8.43. The highest BCUT2D eigenvalue weighted by atomic mass is 16.7. The van der Waals surface area contributed by atoms with E-state index in [0.717, 1.165) is 0 Å². The zero-order valence-electron chi connectivity index (χ0n) is 15.2. The normalized spacial score (nSPS) is 14.8. The topological polar surface area (TPSA) is 145 Å². The number of imide groups is 1. The van der Waals surface area contributed by atoms with Crippen molar-refractivity contribution < 1.29 is 33.7 Å². The van der Waals surface area contributed by atoms with Crippen LogP contribution in [-0.2, 0) is 30.6 Å². The second-order valence-electron chi connectivity index (χ2n) is 6.36. The summed E-state index contributed by atoms with van der Waals surface area (Å²) in [4.78, 5) is 62.2. The summed E-state index contributed by atoms with van der Waals surface area (Å²) >= 11 is 0. The van der Waals surface area contributed by atoms with Crippen LogP contribution >= 0.6 is 0 Å². The van der Waals surface area contributed by atoms with Crippen molar-refractivity contribution in [1.29, 1.82) is 0 Å². The molecule has 1 aliphatic heterocycles. The van der Waals surface area contributed by atoms with E-state index in [1.54, 1.807) is 13.8 Å². The second-order valence-corrected chi connectivity index (χ2v) is 6.36. The maximum Gasteiger partial charge on any atom is 0.408 e. The smallest absolute Gasteiger partial charge is 0.408 e. The number of carbonyl (C=O) groups excluding carboxylic acids is 4. The van der Waals surface area contributed by atoms with Crippen LogP contribution in [0.25, 0.3) is 0 Å². The van der Waals surface area contributed by atoms with Gasteiger partial charge in [-0.25, -0.2) is 9.59 Å². The summed E-state index contributed by atoms with van der Waals surface area (Å²) in [6, 6.07) is 4.27. The number of nitro benzene ring substituents is 1. The Morgan fingerprint density at radius 3 is 2.25 bits per heavy atom. The van der Waals surface area contributed by atoms with E-state index < -0.39 is 40.8 Å². The number of nitrogens with one attached hydrogen (secondary N) is 1. The van der Waals surface area contributed by atoms with Gasteiger partial charge < -0.3 is 14.9 Å². The van der Waals surface area contributed by atoms with Crippen molar-refractivity contribution in [2.75, 3.05) is 0 Å². The van der Waals surface area contributed by atoms with Gasteiger partial charge in [0.25, 0.3) is 17.5 Å². The van der Waals surface area contributed by atoms with Gasteiger partial charge in [-0.2, -0.15) is 0 Å². The van der Waals surface area contributed by atoms with Gasteiger partial charge in [-0.05, 0) is 23.6 Å². The number of carbonyl (C=O) groups is 4. The molecule has 1 saturated heterocycles. The van der Waals surface area contributed by atoms with Crippen LogP contribution in [0.15, 0.2) is 24.3 Å². The molecule has 0 bridgehead atoms. The molecule has 0 saturated carbocycles. The summed E-state index contributed by atoms with van der Waals surface area (Å²) in [5.41, 5.74) is 0.416. The molecule has 1 N–H and O–H groups in total. The molecule has 0 aromatic heterocycles. The van der Waals surface area contributed by atoms with Crippen LogP contribution in [0.1, 0.15) is 32.3 Å². The van der Waals surface area contributed by atoms with Gasteiger partial charge in [0.1, 0.15) is 12.6 Å². The maximum atomic E-state index is 12.2. The summed E-state index contributed by atoms with van der Waals surface area (Å²) in [7, 11) is 0. The molecule has 3 amide bonds. The molecule has 1 fully saturated rings. The molecule has 0 radical (unpaired) electrons. The SMILES string of the molecule is CC(C)[C@H](NC(=O)OCc1ccc([N+](=O)[O-])cc1)C(=O)ON1C(=O)CCC1=O. The van der Waals surface area contributed by atoms with E-state index in [-0.39, 0.29) is 25.1 Å². The molecule has 0 spiro atoms. The zero-order valence-corrected chi connectivity index (χ0v) is 15.2. The van der Waals surface area contributed by atoms with Crippen LogP contribution < -0.4 is 5.32 Å². The average Bonchev–Trinajstić information content (AvgIpc) is 2.96. The fraction of sp³-hybridized carbons (Fsp3) is 0.412. The lowest BCUT2D eigenvalue weighted by Gasteiger charge is -2.22. The highest BCUT2D eigenvalue weighted by Crippen LogP contribution is 2.15. The Morgan fingerprint density at radius 2 is 1.75 bits per heavy atom. The molecule has 0 aliphatic carbocycles. The molecule has 1 heterocycles. The van der Waals surface area contributed by atoms with E-state index in [4.69, 9.17) is 9.57 Å². The quantitative estimate of drug-likeness (QED) is 0.416. The van der Waals surface area contributed by atoms with Crippen molar-refractivity contribution in [3.8, 4) is 0 Å². The van der Waals surface area contributed by atoms with Gasteiger partial charge in [0.2, 0.25) is 0 Å². The number of non-ortho nitro benzene ring substituents is 1. The molecule has 1 aromatic rings. The number of nitro groups is 1. The first kappa shape index (κ1) is 20.8. The van der Waals surface area contributed by atoms with Crippen molar-refractivity contribution in [3.63, 3.8) is 0 Å². The number of hydrogen-bond donors (Lipinski definition) is 1. The molecule has 1 aromatic carbocycles. The van der Waals surface area contributed by atoms with Gasteiger partial charge in [0.05, 0.1) is 4.92 Å². The van der Waals surface area contributed by atoms with Crippen molar-refractivity contribution in [2.45, 2.75) is 39.3 Å². The average molecular weight is 393 g/mol. The summed E-state index contributed by atoms with van der Waals surface area (Å²) in [6.07, 6.45) is -1.00. The number of hydroxylamine groups is 2. The first-order chi connectivity index (χ1) is 13.2. The fourth-order valence-electron chi connectivity index (χ4n) is 2.33. The Hall–Kier alpha value is -3.50. The largest absolute Gasteiger partial charge is 0.445 e. The Bertz CT molecular complexity index is 774. The number of rotatable bonds is 7. The third kappa shape index (κ3) is 5.25. The Labute approximate surface area is 159 Å². The van der Waals surface area contributed by atoms with Crippen LogP contribution in [-0.4, -0.2) is 39.9 Å². The van der Waals surface area contributed by atoms with E-state index in [1.807, 2.05) is 0 Å². The van der Waals surface area contributed by atoms with Gasteiger partial charge in [-0.3, -0.25) is 19.7 Å². The highest BCUT2D eigenvalue weighted by molar-refractivity contribution is 6.01. The number of hydrogen-bond acceptors (Lipinski definition) is 8. The molecule has 28 heavy (non-hydrogen) atoms.